The van der Waals surface area contributed by atoms with Crippen molar-refractivity contribution in [3.63, 3.8) is 0 Å². The summed E-state index contributed by atoms with van der Waals surface area (Å²) < 4.78 is 4.99. The lowest BCUT2D eigenvalue weighted by molar-refractivity contribution is -0.124. The third kappa shape index (κ3) is 4.69. The maximum absolute atomic E-state index is 11.8. The van der Waals surface area contributed by atoms with Gasteiger partial charge in [0, 0.05) is 24.8 Å². The molecule has 0 saturated heterocycles. The molecule has 0 radical (unpaired) electrons. The molecule has 0 fully saturated rings. The zero-order chi connectivity index (χ0) is 15.0. The Kier molecular flexibility index (Phi) is 6.78. The minimum atomic E-state index is -0.483. The van der Waals surface area contributed by atoms with E-state index in [1.807, 2.05) is 25.1 Å². The number of aryl methyl sites for hydroxylation is 1. The predicted octanol–water partition coefficient (Wildman–Crippen LogP) is 1.96. The highest BCUT2D eigenvalue weighted by Gasteiger charge is 2.13. The van der Waals surface area contributed by atoms with Crippen molar-refractivity contribution in [3.8, 4) is 11.8 Å². The summed E-state index contributed by atoms with van der Waals surface area (Å²) in [7, 11) is 1.50. The van der Waals surface area contributed by atoms with Gasteiger partial charge in [-0.2, -0.15) is 0 Å². The van der Waals surface area contributed by atoms with Gasteiger partial charge in [0.2, 0.25) is 0 Å². The van der Waals surface area contributed by atoms with Crippen LogP contribution in [-0.4, -0.2) is 30.8 Å². The van der Waals surface area contributed by atoms with Crippen LogP contribution in [-0.2, 0) is 16.0 Å². The van der Waals surface area contributed by atoms with Gasteiger partial charge in [0.15, 0.2) is 0 Å². The van der Waals surface area contributed by atoms with Gasteiger partial charge >= 0.3 is 0 Å². The van der Waals surface area contributed by atoms with Crippen molar-refractivity contribution in [1.82, 2.24) is 0 Å². The number of aliphatic hydroxyl groups is 1. The standard InChI is InChI=1S/C16H21NO3/c1-4-14-11-13(7-5-6-10-18)8-9-15(14)17-16(19)12(2)20-3/h8-9,11-12,18H,4,6,10H2,1-3H3,(H,17,19). The van der Waals surface area contributed by atoms with E-state index >= 15 is 0 Å². The van der Waals surface area contributed by atoms with Crippen molar-refractivity contribution < 1.29 is 14.6 Å². The number of ether oxygens (including phenoxy) is 1. The fourth-order valence-corrected chi connectivity index (χ4v) is 1.65. The second-order valence-corrected chi connectivity index (χ2v) is 4.37. The van der Waals surface area contributed by atoms with E-state index in [-0.39, 0.29) is 12.5 Å². The SMILES string of the molecule is CCc1cc(C#CCCO)ccc1NC(=O)C(C)OC. The number of amides is 1. The molecule has 1 rings (SSSR count). The Hall–Kier alpha value is -1.83. The van der Waals surface area contributed by atoms with Gasteiger partial charge in [0.05, 0.1) is 6.61 Å². The number of nitrogens with one attached hydrogen (secondary N) is 1. The summed E-state index contributed by atoms with van der Waals surface area (Å²) in [5.41, 5.74) is 2.69. The van der Waals surface area contributed by atoms with Crippen molar-refractivity contribution >= 4 is 11.6 Å². The lowest BCUT2D eigenvalue weighted by Crippen LogP contribution is -2.27. The van der Waals surface area contributed by atoms with Crippen molar-refractivity contribution in [1.29, 1.82) is 0 Å². The molecule has 0 aliphatic rings. The van der Waals surface area contributed by atoms with E-state index in [1.54, 1.807) is 6.92 Å². The molecule has 1 aromatic rings. The molecule has 0 heterocycles. The first-order valence-corrected chi connectivity index (χ1v) is 6.68. The zero-order valence-electron chi connectivity index (χ0n) is 12.2. The summed E-state index contributed by atoms with van der Waals surface area (Å²) in [6.07, 6.45) is 0.779. The number of aliphatic hydroxyl groups excluding tert-OH is 1. The molecule has 1 unspecified atom stereocenters. The molecule has 0 saturated carbocycles. The van der Waals surface area contributed by atoms with Gasteiger partial charge in [0.25, 0.3) is 5.91 Å². The molecule has 2 N–H and O–H groups in total. The molecule has 1 aromatic carbocycles. The average Bonchev–Trinajstić information content (AvgIpc) is 2.47. The summed E-state index contributed by atoms with van der Waals surface area (Å²) in [6.45, 7) is 3.79. The first-order chi connectivity index (χ1) is 9.62. The summed E-state index contributed by atoms with van der Waals surface area (Å²) in [5, 5.41) is 11.6. The lowest BCUT2D eigenvalue weighted by atomic mass is 10.1. The number of anilines is 1. The Balaban J connectivity index is 2.89. The molecule has 4 heteroatoms. The average molecular weight is 275 g/mol. The highest BCUT2D eigenvalue weighted by atomic mass is 16.5. The van der Waals surface area contributed by atoms with Crippen molar-refractivity contribution in [2.45, 2.75) is 32.8 Å². The van der Waals surface area contributed by atoms with Crippen LogP contribution in [0.4, 0.5) is 5.69 Å². The number of carbonyl (C=O) groups excluding carboxylic acids is 1. The number of benzene rings is 1. The second-order valence-electron chi connectivity index (χ2n) is 4.37. The Bertz CT molecular complexity index is 514. The number of hydrogen-bond donors (Lipinski definition) is 2. The van der Waals surface area contributed by atoms with E-state index in [0.29, 0.717) is 6.42 Å². The molecule has 0 aromatic heterocycles. The van der Waals surface area contributed by atoms with E-state index in [9.17, 15) is 4.79 Å². The molecule has 0 spiro atoms. The van der Waals surface area contributed by atoms with Gasteiger partial charge in [-0.1, -0.05) is 18.8 Å². The van der Waals surface area contributed by atoms with Gasteiger partial charge in [-0.15, -0.1) is 0 Å². The summed E-state index contributed by atoms with van der Waals surface area (Å²) in [5.74, 6) is 5.70. The first kappa shape index (κ1) is 16.2. The molecule has 108 valence electrons. The predicted molar refractivity (Wildman–Crippen MR) is 79.5 cm³/mol. The molecule has 0 aliphatic heterocycles. The summed E-state index contributed by atoms with van der Waals surface area (Å²) >= 11 is 0. The van der Waals surface area contributed by atoms with Crippen LogP contribution in [0.3, 0.4) is 0 Å². The minimum absolute atomic E-state index is 0.0662. The van der Waals surface area contributed by atoms with Crippen LogP contribution in [0, 0.1) is 11.8 Å². The summed E-state index contributed by atoms with van der Waals surface area (Å²) in [6, 6.07) is 5.66. The van der Waals surface area contributed by atoms with Crippen molar-refractivity contribution in [2.24, 2.45) is 0 Å². The highest BCUT2D eigenvalue weighted by molar-refractivity contribution is 5.94. The van der Waals surface area contributed by atoms with E-state index in [2.05, 4.69) is 17.2 Å². The van der Waals surface area contributed by atoms with E-state index in [1.165, 1.54) is 7.11 Å². The molecule has 1 atom stereocenters. The second kappa shape index (κ2) is 8.36. The fraction of sp³-hybridized carbons (Fsp3) is 0.438. The molecule has 20 heavy (non-hydrogen) atoms. The molecule has 1 amide bonds. The lowest BCUT2D eigenvalue weighted by Gasteiger charge is -2.13. The van der Waals surface area contributed by atoms with Crippen LogP contribution in [0.1, 0.15) is 31.4 Å². The Morgan fingerprint density at radius 2 is 2.25 bits per heavy atom. The first-order valence-electron chi connectivity index (χ1n) is 6.68. The van der Waals surface area contributed by atoms with Gasteiger partial charge in [-0.3, -0.25) is 4.79 Å². The third-order valence-electron chi connectivity index (χ3n) is 2.94. The Morgan fingerprint density at radius 3 is 2.85 bits per heavy atom. The molecule has 4 nitrogen and oxygen atoms in total. The molecule has 0 aliphatic carbocycles. The van der Waals surface area contributed by atoms with Gasteiger partial charge in [-0.25, -0.2) is 0 Å². The van der Waals surface area contributed by atoms with Crippen molar-refractivity contribution in [3.05, 3.63) is 29.3 Å². The van der Waals surface area contributed by atoms with Gasteiger partial charge in [0.1, 0.15) is 6.10 Å². The van der Waals surface area contributed by atoms with Gasteiger partial charge in [-0.05, 0) is 37.1 Å². The fourth-order valence-electron chi connectivity index (χ4n) is 1.65. The van der Waals surface area contributed by atoms with Gasteiger partial charge < -0.3 is 15.2 Å². The maximum Gasteiger partial charge on any atom is 0.253 e. The number of rotatable bonds is 5. The van der Waals surface area contributed by atoms with E-state index in [4.69, 9.17) is 9.84 Å². The van der Waals surface area contributed by atoms with Crippen LogP contribution in [0.15, 0.2) is 18.2 Å². The summed E-state index contributed by atoms with van der Waals surface area (Å²) in [4.78, 5) is 11.8. The van der Waals surface area contributed by atoms with Crippen LogP contribution in [0.2, 0.25) is 0 Å². The van der Waals surface area contributed by atoms with E-state index in [0.717, 1.165) is 23.2 Å². The molecule has 0 bridgehead atoms. The highest BCUT2D eigenvalue weighted by Crippen LogP contribution is 2.18. The molecular weight excluding hydrogens is 254 g/mol. The van der Waals surface area contributed by atoms with Crippen LogP contribution < -0.4 is 5.32 Å². The van der Waals surface area contributed by atoms with Crippen LogP contribution in [0.5, 0.6) is 0 Å². The Morgan fingerprint density at radius 1 is 1.50 bits per heavy atom. The Labute approximate surface area is 120 Å². The quantitative estimate of drug-likeness (QED) is 0.808. The molecular formula is C16H21NO3. The topological polar surface area (TPSA) is 58.6 Å². The maximum atomic E-state index is 11.8. The smallest absolute Gasteiger partial charge is 0.253 e. The largest absolute Gasteiger partial charge is 0.395 e. The monoisotopic (exact) mass is 275 g/mol. The van der Waals surface area contributed by atoms with Crippen molar-refractivity contribution in [2.75, 3.05) is 19.0 Å². The number of methoxy groups -OCH3 is 1. The number of hydrogen-bond acceptors (Lipinski definition) is 3. The third-order valence-corrected chi connectivity index (χ3v) is 2.94. The van der Waals surface area contributed by atoms with Crippen LogP contribution >= 0.6 is 0 Å². The van der Waals surface area contributed by atoms with E-state index < -0.39 is 6.10 Å². The normalized spacial score (nSPS) is 11.4. The van der Waals surface area contributed by atoms with Crippen LogP contribution in [0.25, 0.3) is 0 Å². The minimum Gasteiger partial charge on any atom is -0.395 e. The number of carbonyl (C=O) groups is 1. The zero-order valence-corrected chi connectivity index (χ0v) is 12.2.